The molecule has 0 saturated heterocycles. The number of benzene rings is 1. The van der Waals surface area contributed by atoms with Crippen LogP contribution in [-0.2, 0) is 0 Å². The molecular weight excluding hydrogens is 198 g/mol. The van der Waals surface area contributed by atoms with Crippen LogP contribution < -0.4 is 0 Å². The van der Waals surface area contributed by atoms with Crippen molar-refractivity contribution in [1.82, 2.24) is 0 Å². The van der Waals surface area contributed by atoms with E-state index in [4.69, 9.17) is 4.42 Å². The van der Waals surface area contributed by atoms with Gasteiger partial charge in [-0.25, -0.2) is 0 Å². The molecule has 2 rings (SSSR count). The SMILES string of the molecule is C=Nc1ccccc1/C(=C\C)c1ccoc1. The predicted molar refractivity (Wildman–Crippen MR) is 67.1 cm³/mol. The van der Waals surface area contributed by atoms with Crippen LogP contribution in [0.5, 0.6) is 0 Å². The monoisotopic (exact) mass is 211 g/mol. The molecule has 0 amide bonds. The maximum absolute atomic E-state index is 5.11. The quantitative estimate of drug-likeness (QED) is 0.703. The number of aliphatic imine (C=N–C) groups is 1. The fraction of sp³-hybridized carbons (Fsp3) is 0.0714. The number of allylic oxidation sites excluding steroid dienone is 1. The van der Waals surface area contributed by atoms with Gasteiger partial charge in [-0.1, -0.05) is 24.3 Å². The molecule has 0 radical (unpaired) electrons. The van der Waals surface area contributed by atoms with Crippen molar-refractivity contribution < 1.29 is 4.42 Å². The van der Waals surface area contributed by atoms with E-state index in [0.717, 1.165) is 22.4 Å². The standard InChI is InChI=1S/C14H13NO/c1-3-12(11-8-9-16-10-11)13-6-4-5-7-14(13)15-2/h3-10H,2H2,1H3/b12-3-. The van der Waals surface area contributed by atoms with Crippen LogP contribution in [0.25, 0.3) is 5.57 Å². The molecule has 0 unspecified atom stereocenters. The summed E-state index contributed by atoms with van der Waals surface area (Å²) in [4.78, 5) is 4.03. The second kappa shape index (κ2) is 4.62. The molecule has 0 spiro atoms. The summed E-state index contributed by atoms with van der Waals surface area (Å²) in [5, 5.41) is 0. The van der Waals surface area contributed by atoms with Crippen LogP contribution in [0.3, 0.4) is 0 Å². The van der Waals surface area contributed by atoms with Gasteiger partial charge in [0.25, 0.3) is 0 Å². The third kappa shape index (κ3) is 1.82. The minimum absolute atomic E-state index is 0.886. The molecule has 1 aromatic carbocycles. The molecule has 0 bridgehead atoms. The van der Waals surface area contributed by atoms with Gasteiger partial charge in [-0.2, -0.15) is 0 Å². The molecular formula is C14H13NO. The normalized spacial score (nSPS) is 11.4. The van der Waals surface area contributed by atoms with Gasteiger partial charge in [0, 0.05) is 11.1 Å². The zero-order valence-corrected chi connectivity index (χ0v) is 9.18. The molecule has 0 atom stereocenters. The second-order valence-corrected chi connectivity index (χ2v) is 3.39. The Morgan fingerprint density at radius 1 is 1.31 bits per heavy atom. The highest BCUT2D eigenvalue weighted by molar-refractivity contribution is 5.85. The van der Waals surface area contributed by atoms with Crippen molar-refractivity contribution in [3.05, 3.63) is 60.1 Å². The average Bonchev–Trinajstić information content (AvgIpc) is 2.84. The number of para-hydroxylation sites is 1. The summed E-state index contributed by atoms with van der Waals surface area (Å²) in [5.41, 5.74) is 4.12. The summed E-state index contributed by atoms with van der Waals surface area (Å²) >= 11 is 0. The Balaban J connectivity index is 2.54. The zero-order chi connectivity index (χ0) is 11.4. The van der Waals surface area contributed by atoms with Crippen LogP contribution >= 0.6 is 0 Å². The highest BCUT2D eigenvalue weighted by atomic mass is 16.3. The van der Waals surface area contributed by atoms with Crippen LogP contribution in [0.4, 0.5) is 5.69 Å². The van der Waals surface area contributed by atoms with Crippen molar-refractivity contribution in [2.75, 3.05) is 0 Å². The van der Waals surface area contributed by atoms with E-state index in [1.165, 1.54) is 0 Å². The molecule has 0 aliphatic rings. The van der Waals surface area contributed by atoms with Crippen LogP contribution in [-0.4, -0.2) is 6.72 Å². The molecule has 2 aromatic rings. The summed E-state index contributed by atoms with van der Waals surface area (Å²) in [7, 11) is 0. The summed E-state index contributed by atoms with van der Waals surface area (Å²) in [6, 6.07) is 9.87. The first kappa shape index (κ1) is 10.4. The Bertz CT molecular complexity index is 509. The third-order valence-corrected chi connectivity index (χ3v) is 2.49. The van der Waals surface area contributed by atoms with Crippen molar-refractivity contribution in [3.8, 4) is 0 Å². The van der Waals surface area contributed by atoms with Crippen molar-refractivity contribution >= 4 is 18.0 Å². The fourth-order valence-electron chi connectivity index (χ4n) is 1.73. The Morgan fingerprint density at radius 3 is 2.75 bits per heavy atom. The first-order valence-corrected chi connectivity index (χ1v) is 5.12. The van der Waals surface area contributed by atoms with Gasteiger partial charge in [0.15, 0.2) is 0 Å². The molecule has 0 aliphatic carbocycles. The van der Waals surface area contributed by atoms with Gasteiger partial charge in [-0.05, 0) is 31.3 Å². The Kier molecular flexibility index (Phi) is 3.01. The number of furan rings is 1. The minimum Gasteiger partial charge on any atom is -0.472 e. The molecule has 80 valence electrons. The summed E-state index contributed by atoms with van der Waals surface area (Å²) < 4.78 is 5.11. The summed E-state index contributed by atoms with van der Waals surface area (Å²) in [6.45, 7) is 5.59. The van der Waals surface area contributed by atoms with Crippen molar-refractivity contribution in [1.29, 1.82) is 0 Å². The van der Waals surface area contributed by atoms with E-state index < -0.39 is 0 Å². The molecule has 0 N–H and O–H groups in total. The van der Waals surface area contributed by atoms with Gasteiger partial charge in [0.05, 0.1) is 18.2 Å². The first-order valence-electron chi connectivity index (χ1n) is 5.12. The number of rotatable bonds is 3. The van der Waals surface area contributed by atoms with E-state index in [1.54, 1.807) is 12.5 Å². The molecule has 0 fully saturated rings. The van der Waals surface area contributed by atoms with Gasteiger partial charge in [0.2, 0.25) is 0 Å². The largest absolute Gasteiger partial charge is 0.472 e. The van der Waals surface area contributed by atoms with Crippen LogP contribution in [0.2, 0.25) is 0 Å². The summed E-state index contributed by atoms with van der Waals surface area (Å²) in [6.07, 6.45) is 5.45. The second-order valence-electron chi connectivity index (χ2n) is 3.39. The highest BCUT2D eigenvalue weighted by Gasteiger charge is 2.08. The van der Waals surface area contributed by atoms with E-state index in [2.05, 4.69) is 17.8 Å². The van der Waals surface area contributed by atoms with Crippen molar-refractivity contribution in [3.63, 3.8) is 0 Å². The summed E-state index contributed by atoms with van der Waals surface area (Å²) in [5.74, 6) is 0. The molecule has 0 aliphatic heterocycles. The molecule has 1 heterocycles. The van der Waals surface area contributed by atoms with E-state index in [0.29, 0.717) is 0 Å². The van der Waals surface area contributed by atoms with E-state index in [-0.39, 0.29) is 0 Å². The lowest BCUT2D eigenvalue weighted by Gasteiger charge is -2.07. The first-order chi connectivity index (χ1) is 7.86. The molecule has 0 saturated carbocycles. The number of hydrogen-bond donors (Lipinski definition) is 0. The van der Waals surface area contributed by atoms with Crippen molar-refractivity contribution in [2.45, 2.75) is 6.92 Å². The van der Waals surface area contributed by atoms with E-state index in [1.807, 2.05) is 37.3 Å². The Labute approximate surface area is 94.9 Å². The zero-order valence-electron chi connectivity index (χ0n) is 9.18. The third-order valence-electron chi connectivity index (χ3n) is 2.49. The average molecular weight is 211 g/mol. The smallest absolute Gasteiger partial charge is 0.0981 e. The lowest BCUT2D eigenvalue weighted by molar-refractivity contribution is 0.566. The number of hydrogen-bond acceptors (Lipinski definition) is 2. The van der Waals surface area contributed by atoms with E-state index in [9.17, 15) is 0 Å². The molecule has 1 aromatic heterocycles. The van der Waals surface area contributed by atoms with Crippen LogP contribution in [0, 0.1) is 0 Å². The Hall–Kier alpha value is -2.09. The van der Waals surface area contributed by atoms with Crippen LogP contribution in [0.1, 0.15) is 18.1 Å². The molecule has 2 heteroatoms. The predicted octanol–water partition coefficient (Wildman–Crippen LogP) is 4.06. The highest BCUT2D eigenvalue weighted by Crippen LogP contribution is 2.30. The van der Waals surface area contributed by atoms with E-state index >= 15 is 0 Å². The van der Waals surface area contributed by atoms with Crippen molar-refractivity contribution in [2.24, 2.45) is 4.99 Å². The molecule has 16 heavy (non-hydrogen) atoms. The maximum atomic E-state index is 5.11. The minimum atomic E-state index is 0.886. The lowest BCUT2D eigenvalue weighted by Crippen LogP contribution is -1.85. The fourth-order valence-corrected chi connectivity index (χ4v) is 1.73. The van der Waals surface area contributed by atoms with Gasteiger partial charge in [0.1, 0.15) is 0 Å². The lowest BCUT2D eigenvalue weighted by atomic mass is 9.99. The van der Waals surface area contributed by atoms with Gasteiger partial charge < -0.3 is 4.42 Å². The van der Waals surface area contributed by atoms with Crippen LogP contribution in [0.15, 0.2) is 58.3 Å². The molecule has 2 nitrogen and oxygen atoms in total. The van der Waals surface area contributed by atoms with Gasteiger partial charge in [-0.15, -0.1) is 0 Å². The maximum Gasteiger partial charge on any atom is 0.0981 e. The van der Waals surface area contributed by atoms with Gasteiger partial charge in [-0.3, -0.25) is 4.99 Å². The topological polar surface area (TPSA) is 25.5 Å². The number of nitrogens with zero attached hydrogens (tertiary/aromatic N) is 1. The van der Waals surface area contributed by atoms with Gasteiger partial charge >= 0.3 is 0 Å². The Morgan fingerprint density at radius 2 is 2.12 bits per heavy atom.